The number of nitrogens with zero attached hydrogens (tertiary/aromatic N) is 1. The zero-order valence-corrected chi connectivity index (χ0v) is 13.7. The van der Waals surface area contributed by atoms with Crippen LogP contribution < -0.4 is 5.44 Å². The molecule has 2 aliphatic rings. The number of hydrogen-bond acceptors (Lipinski definition) is 3. The Morgan fingerprint density at radius 1 is 1.00 bits per heavy atom. The lowest BCUT2D eigenvalue weighted by atomic mass is 9.91. The van der Waals surface area contributed by atoms with Crippen LogP contribution in [0.2, 0.25) is 0 Å². The first kappa shape index (κ1) is 14.4. The van der Waals surface area contributed by atoms with Crippen molar-refractivity contribution in [2.45, 2.75) is 56.6 Å². The molecule has 3 rings (SSSR count). The second-order valence-electron chi connectivity index (χ2n) is 7.11. The largest absolute Gasteiger partial charge is 0.347 e. The standard InChI is InChI=1S/C16H24NO2P/c1-14(2)11-16(18-9-10-19-16)12-15(3,4)20(14)13-7-5-6-8-17-13/h5-8H,9-12H2,1-4H3. The highest BCUT2D eigenvalue weighted by Crippen LogP contribution is 2.67. The van der Waals surface area contributed by atoms with E-state index in [2.05, 4.69) is 44.8 Å². The fraction of sp³-hybridized carbons (Fsp3) is 0.688. The van der Waals surface area contributed by atoms with E-state index in [1.54, 1.807) is 0 Å². The molecule has 0 atom stereocenters. The third-order valence-corrected chi connectivity index (χ3v) is 7.77. The summed E-state index contributed by atoms with van der Waals surface area (Å²) in [5.41, 5.74) is 1.25. The normalized spacial score (nSPS) is 27.8. The zero-order valence-electron chi connectivity index (χ0n) is 12.8. The SMILES string of the molecule is CC1(C)CC2(CC(C)(C)P1c1ccccn1)OCCO2. The Kier molecular flexibility index (Phi) is 3.44. The van der Waals surface area contributed by atoms with Gasteiger partial charge >= 0.3 is 0 Å². The van der Waals surface area contributed by atoms with Crippen LogP contribution in [0.1, 0.15) is 40.5 Å². The zero-order chi connectivity index (χ0) is 14.4. The van der Waals surface area contributed by atoms with Gasteiger partial charge in [-0.3, -0.25) is 4.98 Å². The molecule has 0 N–H and O–H groups in total. The van der Waals surface area contributed by atoms with Crippen molar-refractivity contribution in [3.05, 3.63) is 24.4 Å². The Morgan fingerprint density at radius 3 is 2.10 bits per heavy atom. The van der Waals surface area contributed by atoms with Crippen LogP contribution in [0.3, 0.4) is 0 Å². The molecule has 0 aliphatic carbocycles. The molecule has 1 aromatic heterocycles. The van der Waals surface area contributed by atoms with Gasteiger partial charge in [-0.25, -0.2) is 0 Å². The minimum Gasteiger partial charge on any atom is -0.347 e. The summed E-state index contributed by atoms with van der Waals surface area (Å²) >= 11 is 0. The van der Waals surface area contributed by atoms with Crippen molar-refractivity contribution in [1.82, 2.24) is 4.98 Å². The molecule has 1 aromatic rings. The first-order valence-corrected chi connectivity index (χ1v) is 8.68. The molecular weight excluding hydrogens is 269 g/mol. The van der Waals surface area contributed by atoms with Crippen LogP contribution in [0, 0.1) is 0 Å². The van der Waals surface area contributed by atoms with Gasteiger partial charge in [0.15, 0.2) is 5.79 Å². The molecule has 2 fully saturated rings. The number of aromatic nitrogens is 1. The van der Waals surface area contributed by atoms with Crippen molar-refractivity contribution in [3.8, 4) is 0 Å². The summed E-state index contributed by atoms with van der Waals surface area (Å²) in [4.78, 5) is 4.66. The summed E-state index contributed by atoms with van der Waals surface area (Å²) in [5.74, 6) is -0.361. The van der Waals surface area contributed by atoms with E-state index >= 15 is 0 Å². The number of pyridine rings is 1. The fourth-order valence-corrected chi connectivity index (χ4v) is 8.26. The maximum atomic E-state index is 6.00. The van der Waals surface area contributed by atoms with Gasteiger partial charge in [0.2, 0.25) is 0 Å². The van der Waals surface area contributed by atoms with E-state index in [0.29, 0.717) is 0 Å². The van der Waals surface area contributed by atoms with Crippen molar-refractivity contribution in [1.29, 1.82) is 0 Å². The molecule has 0 radical (unpaired) electrons. The van der Waals surface area contributed by atoms with Gasteiger partial charge in [0.25, 0.3) is 0 Å². The van der Waals surface area contributed by atoms with Crippen molar-refractivity contribution in [2.75, 3.05) is 13.2 Å². The summed E-state index contributed by atoms with van der Waals surface area (Å²) in [6.45, 7) is 10.9. The van der Waals surface area contributed by atoms with Gasteiger partial charge in [-0.05, 0) is 30.4 Å². The third kappa shape index (κ3) is 2.41. The minimum atomic E-state index is -0.367. The van der Waals surface area contributed by atoms with Crippen molar-refractivity contribution >= 4 is 13.4 Å². The van der Waals surface area contributed by atoms with E-state index in [-0.39, 0.29) is 24.0 Å². The second-order valence-corrected chi connectivity index (χ2v) is 10.7. The van der Waals surface area contributed by atoms with Crippen LogP contribution in [0.5, 0.6) is 0 Å². The summed E-state index contributed by atoms with van der Waals surface area (Å²) in [6, 6.07) is 6.28. The number of ether oxygens (including phenoxy) is 2. The molecular formula is C16H24NO2P. The molecule has 1 spiro atoms. The molecule has 3 nitrogen and oxygen atoms in total. The molecule has 2 saturated heterocycles. The van der Waals surface area contributed by atoms with E-state index in [4.69, 9.17) is 9.47 Å². The lowest BCUT2D eigenvalue weighted by Crippen LogP contribution is -2.52. The molecule has 4 heteroatoms. The summed E-state index contributed by atoms with van der Waals surface area (Å²) < 4.78 is 12.0. The van der Waals surface area contributed by atoms with Crippen molar-refractivity contribution in [3.63, 3.8) is 0 Å². The Labute approximate surface area is 122 Å². The van der Waals surface area contributed by atoms with Crippen LogP contribution in [0.4, 0.5) is 0 Å². The average molecular weight is 293 g/mol. The Balaban J connectivity index is 1.99. The smallest absolute Gasteiger partial charge is 0.170 e. The number of rotatable bonds is 1. The Bertz CT molecular complexity index is 461. The van der Waals surface area contributed by atoms with E-state index in [1.807, 2.05) is 12.3 Å². The summed E-state index contributed by atoms with van der Waals surface area (Å²) in [7, 11) is -0.367. The van der Waals surface area contributed by atoms with Crippen LogP contribution in [-0.4, -0.2) is 34.3 Å². The molecule has 3 heterocycles. The van der Waals surface area contributed by atoms with Crippen LogP contribution in [0.25, 0.3) is 0 Å². The second kappa shape index (κ2) is 4.76. The molecule has 0 aromatic carbocycles. The highest BCUT2D eigenvalue weighted by Gasteiger charge is 2.57. The maximum Gasteiger partial charge on any atom is 0.170 e. The van der Waals surface area contributed by atoms with Gasteiger partial charge in [0.05, 0.1) is 18.6 Å². The lowest BCUT2D eigenvalue weighted by molar-refractivity contribution is -0.178. The van der Waals surface area contributed by atoms with Gasteiger partial charge in [-0.15, -0.1) is 0 Å². The highest BCUT2D eigenvalue weighted by atomic mass is 31.1. The van der Waals surface area contributed by atoms with Crippen molar-refractivity contribution < 1.29 is 9.47 Å². The first-order chi connectivity index (χ1) is 9.35. The van der Waals surface area contributed by atoms with Crippen LogP contribution in [-0.2, 0) is 9.47 Å². The monoisotopic (exact) mass is 293 g/mol. The highest BCUT2D eigenvalue weighted by molar-refractivity contribution is 7.68. The van der Waals surface area contributed by atoms with Gasteiger partial charge in [0, 0.05) is 19.0 Å². The van der Waals surface area contributed by atoms with Crippen molar-refractivity contribution in [2.24, 2.45) is 0 Å². The van der Waals surface area contributed by atoms with Crippen LogP contribution >= 0.6 is 7.92 Å². The minimum absolute atomic E-state index is 0.162. The quantitative estimate of drug-likeness (QED) is 0.745. The Morgan fingerprint density at radius 2 is 1.60 bits per heavy atom. The predicted molar refractivity (Wildman–Crippen MR) is 82.8 cm³/mol. The molecule has 0 amide bonds. The lowest BCUT2D eigenvalue weighted by Gasteiger charge is -2.54. The molecule has 20 heavy (non-hydrogen) atoms. The van der Waals surface area contributed by atoms with E-state index < -0.39 is 0 Å². The molecule has 2 aliphatic heterocycles. The topological polar surface area (TPSA) is 31.4 Å². The van der Waals surface area contributed by atoms with Gasteiger partial charge in [-0.1, -0.05) is 33.8 Å². The summed E-state index contributed by atoms with van der Waals surface area (Å²) in [6.07, 6.45) is 3.84. The van der Waals surface area contributed by atoms with E-state index in [0.717, 1.165) is 26.1 Å². The fourth-order valence-electron chi connectivity index (χ4n) is 4.17. The first-order valence-electron chi connectivity index (χ1n) is 7.34. The predicted octanol–water partition coefficient (Wildman–Crippen LogP) is 3.28. The Hall–Kier alpha value is -0.500. The third-order valence-electron chi connectivity index (χ3n) is 4.31. The summed E-state index contributed by atoms with van der Waals surface area (Å²) in [5, 5.41) is 0.325. The number of hydrogen-bond donors (Lipinski definition) is 0. The molecule has 0 saturated carbocycles. The van der Waals surface area contributed by atoms with E-state index in [9.17, 15) is 0 Å². The molecule has 110 valence electrons. The average Bonchev–Trinajstić information content (AvgIpc) is 2.74. The van der Waals surface area contributed by atoms with Gasteiger partial charge in [-0.2, -0.15) is 0 Å². The maximum absolute atomic E-state index is 6.00. The van der Waals surface area contributed by atoms with Gasteiger partial charge < -0.3 is 9.47 Å². The van der Waals surface area contributed by atoms with E-state index in [1.165, 1.54) is 5.44 Å². The van der Waals surface area contributed by atoms with Gasteiger partial charge in [0.1, 0.15) is 0 Å². The molecule has 0 bridgehead atoms. The molecule has 0 unspecified atom stereocenters. The van der Waals surface area contributed by atoms with Crippen LogP contribution in [0.15, 0.2) is 24.4 Å².